The molecule has 3 aromatic rings. The molecule has 4 rings (SSSR count). The fourth-order valence-corrected chi connectivity index (χ4v) is 3.15. The highest BCUT2D eigenvalue weighted by atomic mass is 16.4. The van der Waals surface area contributed by atoms with Gasteiger partial charge in [0.2, 0.25) is 5.91 Å². The van der Waals surface area contributed by atoms with Crippen LogP contribution in [0.25, 0.3) is 10.8 Å². The Balaban J connectivity index is 1.43. The van der Waals surface area contributed by atoms with Gasteiger partial charge in [-0.1, -0.05) is 24.3 Å². The summed E-state index contributed by atoms with van der Waals surface area (Å²) in [5, 5.41) is 13.6. The lowest BCUT2D eigenvalue weighted by Crippen LogP contribution is -2.42. The Morgan fingerprint density at radius 1 is 0.774 bits per heavy atom. The Morgan fingerprint density at radius 3 is 1.94 bits per heavy atom. The lowest BCUT2D eigenvalue weighted by Gasteiger charge is -2.11. The number of carbonyl (C=O) groups is 4. The van der Waals surface area contributed by atoms with Crippen LogP contribution in [-0.4, -0.2) is 28.8 Å². The van der Waals surface area contributed by atoms with Gasteiger partial charge in [-0.25, -0.2) is 4.79 Å². The van der Waals surface area contributed by atoms with E-state index in [1.165, 1.54) is 24.3 Å². The smallest absolute Gasteiger partial charge is 0.336 e. The first-order chi connectivity index (χ1) is 14.9. The Labute approximate surface area is 177 Å². The van der Waals surface area contributed by atoms with Gasteiger partial charge in [-0.15, -0.1) is 0 Å². The molecule has 31 heavy (non-hydrogen) atoms. The van der Waals surface area contributed by atoms with E-state index in [0.29, 0.717) is 16.5 Å². The van der Waals surface area contributed by atoms with Crippen molar-refractivity contribution in [1.29, 1.82) is 0 Å². The van der Waals surface area contributed by atoms with Crippen LogP contribution in [-0.2, 0) is 4.79 Å². The maximum absolute atomic E-state index is 12.6. The number of hydrogen-bond donors (Lipinski definition) is 4. The maximum atomic E-state index is 12.6. The van der Waals surface area contributed by atoms with Crippen molar-refractivity contribution in [3.05, 3.63) is 77.4 Å². The summed E-state index contributed by atoms with van der Waals surface area (Å²) in [6.45, 7) is 0. The average molecular weight is 417 g/mol. The molecule has 0 radical (unpaired) electrons. The SMILES string of the molecule is O=C(NNC(=O)c1cc2ccccc2cc1C(=O)O)c1ccc(NC(=O)C2CC2)cc1. The third kappa shape index (κ3) is 4.53. The lowest BCUT2D eigenvalue weighted by molar-refractivity contribution is -0.117. The van der Waals surface area contributed by atoms with Crippen LogP contribution in [0, 0.1) is 5.92 Å². The summed E-state index contributed by atoms with van der Waals surface area (Å²) in [6.07, 6.45) is 1.79. The molecule has 8 nitrogen and oxygen atoms in total. The highest BCUT2D eigenvalue weighted by Gasteiger charge is 2.29. The Morgan fingerprint density at radius 2 is 1.35 bits per heavy atom. The summed E-state index contributed by atoms with van der Waals surface area (Å²) in [5.41, 5.74) is 5.15. The van der Waals surface area contributed by atoms with Gasteiger partial charge < -0.3 is 10.4 Å². The molecule has 1 saturated carbocycles. The van der Waals surface area contributed by atoms with Gasteiger partial charge in [-0.05, 0) is 60.0 Å². The van der Waals surface area contributed by atoms with Gasteiger partial charge in [-0.3, -0.25) is 25.2 Å². The van der Waals surface area contributed by atoms with Gasteiger partial charge >= 0.3 is 5.97 Å². The Hall–Kier alpha value is -4.20. The molecule has 0 spiro atoms. The number of hydrazine groups is 1. The first-order valence-electron chi connectivity index (χ1n) is 9.70. The Bertz CT molecular complexity index is 1200. The van der Waals surface area contributed by atoms with E-state index in [0.717, 1.165) is 12.8 Å². The van der Waals surface area contributed by atoms with Crippen molar-refractivity contribution < 1.29 is 24.3 Å². The van der Waals surface area contributed by atoms with Gasteiger partial charge in [0.25, 0.3) is 11.8 Å². The van der Waals surface area contributed by atoms with Crippen LogP contribution in [0.2, 0.25) is 0 Å². The fourth-order valence-electron chi connectivity index (χ4n) is 3.15. The van der Waals surface area contributed by atoms with E-state index in [4.69, 9.17) is 0 Å². The number of carboxylic acid groups (broad SMARTS) is 1. The molecular weight excluding hydrogens is 398 g/mol. The molecule has 1 aliphatic carbocycles. The third-order valence-electron chi connectivity index (χ3n) is 5.01. The topological polar surface area (TPSA) is 125 Å². The second-order valence-electron chi connectivity index (χ2n) is 7.30. The molecule has 3 aromatic carbocycles. The summed E-state index contributed by atoms with van der Waals surface area (Å²) in [5.74, 6) is -2.53. The molecular formula is C23H19N3O5. The molecule has 156 valence electrons. The van der Waals surface area contributed by atoms with Gasteiger partial charge in [0.1, 0.15) is 0 Å². The number of hydrogen-bond acceptors (Lipinski definition) is 4. The van der Waals surface area contributed by atoms with E-state index in [1.807, 2.05) is 0 Å². The van der Waals surface area contributed by atoms with E-state index in [2.05, 4.69) is 16.2 Å². The van der Waals surface area contributed by atoms with E-state index >= 15 is 0 Å². The maximum Gasteiger partial charge on any atom is 0.336 e. The van der Waals surface area contributed by atoms with Crippen molar-refractivity contribution in [1.82, 2.24) is 10.9 Å². The predicted octanol–water partition coefficient (Wildman–Crippen LogP) is 2.96. The number of fused-ring (bicyclic) bond motifs is 1. The van der Waals surface area contributed by atoms with Crippen LogP contribution in [0.1, 0.15) is 43.9 Å². The molecule has 0 aromatic heterocycles. The fraction of sp³-hybridized carbons (Fsp3) is 0.130. The van der Waals surface area contributed by atoms with Crippen LogP contribution in [0.15, 0.2) is 60.7 Å². The van der Waals surface area contributed by atoms with Crippen molar-refractivity contribution in [2.75, 3.05) is 5.32 Å². The first-order valence-corrected chi connectivity index (χ1v) is 9.70. The second kappa shape index (κ2) is 8.27. The van der Waals surface area contributed by atoms with Crippen LogP contribution >= 0.6 is 0 Å². The summed E-state index contributed by atoms with van der Waals surface area (Å²) in [6, 6.07) is 16.2. The van der Waals surface area contributed by atoms with Gasteiger partial charge in [-0.2, -0.15) is 0 Å². The quantitative estimate of drug-likeness (QED) is 0.475. The van der Waals surface area contributed by atoms with Crippen LogP contribution < -0.4 is 16.2 Å². The average Bonchev–Trinajstić information content (AvgIpc) is 3.62. The van der Waals surface area contributed by atoms with Crippen molar-refractivity contribution in [2.45, 2.75) is 12.8 Å². The number of benzene rings is 3. The van der Waals surface area contributed by atoms with Crippen molar-refractivity contribution >= 4 is 40.2 Å². The monoisotopic (exact) mass is 417 g/mol. The number of carboxylic acids is 1. The van der Waals surface area contributed by atoms with E-state index in [-0.39, 0.29) is 28.5 Å². The normalized spacial score (nSPS) is 12.8. The second-order valence-corrected chi connectivity index (χ2v) is 7.30. The van der Waals surface area contributed by atoms with Crippen LogP contribution in [0.4, 0.5) is 5.69 Å². The standard InChI is InChI=1S/C23H19N3O5/c27-20(13-5-6-13)24-17-9-7-14(8-10-17)21(28)25-26-22(29)18-11-15-3-1-2-4-16(15)12-19(18)23(30)31/h1-4,7-13H,5-6H2,(H,24,27)(H,25,28)(H,26,29)(H,30,31). The lowest BCUT2D eigenvalue weighted by atomic mass is 10.0. The number of amides is 3. The van der Waals surface area contributed by atoms with Crippen LogP contribution in [0.3, 0.4) is 0 Å². The molecule has 0 bridgehead atoms. The number of carbonyl (C=O) groups excluding carboxylic acids is 3. The summed E-state index contributed by atoms with van der Waals surface area (Å²) in [4.78, 5) is 48.3. The molecule has 3 amide bonds. The zero-order chi connectivity index (χ0) is 22.0. The summed E-state index contributed by atoms with van der Waals surface area (Å²) >= 11 is 0. The zero-order valence-corrected chi connectivity index (χ0v) is 16.3. The van der Waals surface area contributed by atoms with E-state index in [1.54, 1.807) is 36.4 Å². The number of nitrogens with one attached hydrogen (secondary N) is 3. The molecule has 0 atom stereocenters. The first kappa shape index (κ1) is 20.1. The van der Waals surface area contributed by atoms with Crippen molar-refractivity contribution in [2.24, 2.45) is 5.92 Å². The zero-order valence-electron chi connectivity index (χ0n) is 16.3. The van der Waals surface area contributed by atoms with Crippen molar-refractivity contribution in [3.8, 4) is 0 Å². The molecule has 0 heterocycles. The van der Waals surface area contributed by atoms with Crippen LogP contribution in [0.5, 0.6) is 0 Å². The predicted molar refractivity (Wildman–Crippen MR) is 114 cm³/mol. The van der Waals surface area contributed by atoms with Gasteiger partial charge in [0.05, 0.1) is 11.1 Å². The number of aromatic carboxylic acids is 1. The molecule has 0 unspecified atom stereocenters. The van der Waals surface area contributed by atoms with E-state index < -0.39 is 17.8 Å². The van der Waals surface area contributed by atoms with Gasteiger partial charge in [0, 0.05) is 17.2 Å². The minimum atomic E-state index is -1.24. The Kier molecular flexibility index (Phi) is 5.36. The molecule has 0 saturated heterocycles. The molecule has 1 aliphatic rings. The highest BCUT2D eigenvalue weighted by Crippen LogP contribution is 2.30. The molecule has 0 aliphatic heterocycles. The number of anilines is 1. The van der Waals surface area contributed by atoms with Crippen molar-refractivity contribution in [3.63, 3.8) is 0 Å². The minimum absolute atomic E-state index is 0.0333. The summed E-state index contributed by atoms with van der Waals surface area (Å²) < 4.78 is 0. The third-order valence-corrected chi connectivity index (χ3v) is 5.01. The molecule has 1 fully saturated rings. The highest BCUT2D eigenvalue weighted by molar-refractivity contribution is 6.09. The molecule has 4 N–H and O–H groups in total. The molecule has 8 heteroatoms. The van der Waals surface area contributed by atoms with Gasteiger partial charge in [0.15, 0.2) is 0 Å². The largest absolute Gasteiger partial charge is 0.478 e. The van der Waals surface area contributed by atoms with E-state index in [9.17, 15) is 24.3 Å². The number of rotatable bonds is 5. The minimum Gasteiger partial charge on any atom is -0.478 e. The summed E-state index contributed by atoms with van der Waals surface area (Å²) in [7, 11) is 0.